The number of ether oxygens (including phenoxy) is 7. The normalized spacial score (nSPS) is 31.2. The number of fused-ring (bicyclic) bond motifs is 3. The molecule has 8 heteroatoms. The minimum Gasteiger partial charge on any atom is -0.496 e. The van der Waals surface area contributed by atoms with E-state index in [1.807, 2.05) is 24.3 Å². The van der Waals surface area contributed by atoms with E-state index in [0.29, 0.717) is 35.4 Å². The number of aliphatic hydroxyl groups is 1. The van der Waals surface area contributed by atoms with Gasteiger partial charge in [-0.05, 0) is 23.8 Å². The second kappa shape index (κ2) is 6.16. The highest BCUT2D eigenvalue weighted by atomic mass is 16.7. The Balaban J connectivity index is 1.34. The van der Waals surface area contributed by atoms with Crippen LogP contribution in [0.5, 0.6) is 28.7 Å². The molecule has 0 bridgehead atoms. The van der Waals surface area contributed by atoms with Crippen LogP contribution in [0.1, 0.15) is 23.3 Å². The van der Waals surface area contributed by atoms with Crippen molar-refractivity contribution in [2.24, 2.45) is 5.92 Å². The summed E-state index contributed by atoms with van der Waals surface area (Å²) < 4.78 is 39.5. The van der Waals surface area contributed by atoms with Crippen molar-refractivity contribution < 1.29 is 38.3 Å². The van der Waals surface area contributed by atoms with Crippen LogP contribution >= 0.6 is 0 Å². The molecule has 4 heterocycles. The first-order valence-corrected chi connectivity index (χ1v) is 9.50. The van der Waals surface area contributed by atoms with Crippen molar-refractivity contribution in [1.82, 2.24) is 0 Å². The maximum atomic E-state index is 11.6. The van der Waals surface area contributed by atoms with Crippen LogP contribution < -0.4 is 23.7 Å². The number of methoxy groups -OCH3 is 1. The maximum Gasteiger partial charge on any atom is 0.231 e. The fraction of sp³-hybridized carbons (Fsp3) is 0.429. The van der Waals surface area contributed by atoms with E-state index in [1.54, 1.807) is 13.2 Å². The molecule has 2 aromatic carbocycles. The first kappa shape index (κ1) is 17.2. The van der Waals surface area contributed by atoms with Gasteiger partial charge in [-0.1, -0.05) is 6.07 Å². The van der Waals surface area contributed by atoms with Gasteiger partial charge in [-0.2, -0.15) is 0 Å². The molecule has 2 aromatic rings. The first-order chi connectivity index (χ1) is 14.2. The lowest BCUT2D eigenvalue weighted by Crippen LogP contribution is -2.39. The van der Waals surface area contributed by atoms with Gasteiger partial charge in [-0.15, -0.1) is 0 Å². The van der Waals surface area contributed by atoms with Crippen molar-refractivity contribution in [1.29, 1.82) is 0 Å². The molecule has 0 saturated carbocycles. The summed E-state index contributed by atoms with van der Waals surface area (Å²) in [5, 5.41) is 11.6. The topological polar surface area (TPSA) is 84.8 Å². The third-order valence-electron chi connectivity index (χ3n) is 6.13. The molecular weight excluding hydrogens is 380 g/mol. The third-order valence-corrected chi connectivity index (χ3v) is 6.13. The first-order valence-electron chi connectivity index (χ1n) is 9.50. The fourth-order valence-corrected chi connectivity index (χ4v) is 4.66. The molecule has 0 unspecified atom stereocenters. The zero-order valence-electron chi connectivity index (χ0n) is 15.8. The van der Waals surface area contributed by atoms with Crippen molar-refractivity contribution in [2.45, 2.75) is 17.8 Å². The van der Waals surface area contributed by atoms with Gasteiger partial charge in [-0.3, -0.25) is 0 Å². The van der Waals surface area contributed by atoms with Crippen molar-refractivity contribution in [2.75, 3.05) is 33.9 Å². The minimum atomic E-state index is -1.17. The monoisotopic (exact) mass is 400 g/mol. The van der Waals surface area contributed by atoms with Crippen molar-refractivity contribution in [3.8, 4) is 28.7 Å². The van der Waals surface area contributed by atoms with Crippen LogP contribution in [0.15, 0.2) is 30.3 Å². The number of benzene rings is 2. The van der Waals surface area contributed by atoms with Crippen LogP contribution in [0.2, 0.25) is 0 Å². The highest BCUT2D eigenvalue weighted by Gasteiger charge is 2.59. The van der Waals surface area contributed by atoms with E-state index in [0.717, 1.165) is 11.1 Å². The summed E-state index contributed by atoms with van der Waals surface area (Å²) in [6.07, 6.45) is -0.907. The van der Waals surface area contributed by atoms with E-state index < -0.39 is 11.7 Å². The van der Waals surface area contributed by atoms with Gasteiger partial charge in [-0.25, -0.2) is 0 Å². The van der Waals surface area contributed by atoms with E-state index >= 15 is 0 Å². The van der Waals surface area contributed by atoms with Gasteiger partial charge in [0.1, 0.15) is 17.5 Å². The fourth-order valence-electron chi connectivity index (χ4n) is 4.66. The Kier molecular flexibility index (Phi) is 3.65. The van der Waals surface area contributed by atoms with Crippen LogP contribution in [-0.2, 0) is 9.47 Å². The van der Waals surface area contributed by atoms with Gasteiger partial charge in [0.25, 0.3) is 0 Å². The van der Waals surface area contributed by atoms with Crippen LogP contribution in [0, 0.1) is 5.92 Å². The lowest BCUT2D eigenvalue weighted by atomic mass is 9.80. The molecule has 8 nitrogen and oxygen atoms in total. The summed E-state index contributed by atoms with van der Waals surface area (Å²) in [5.41, 5.74) is 0.480. The lowest BCUT2D eigenvalue weighted by Gasteiger charge is -2.27. The predicted octanol–water partition coefficient (Wildman–Crippen LogP) is 2.34. The molecule has 6 rings (SSSR count). The smallest absolute Gasteiger partial charge is 0.231 e. The molecule has 0 aliphatic carbocycles. The Labute approximate surface area is 166 Å². The van der Waals surface area contributed by atoms with E-state index in [9.17, 15) is 5.11 Å². The van der Waals surface area contributed by atoms with Crippen LogP contribution in [0.25, 0.3) is 0 Å². The summed E-state index contributed by atoms with van der Waals surface area (Å²) in [4.78, 5) is 0. The molecule has 152 valence electrons. The lowest BCUT2D eigenvalue weighted by molar-refractivity contribution is -0.0629. The molecule has 2 fully saturated rings. The molecule has 4 aliphatic heterocycles. The van der Waals surface area contributed by atoms with Crippen LogP contribution in [-0.4, -0.2) is 44.6 Å². The second-order valence-corrected chi connectivity index (χ2v) is 7.60. The molecule has 2 saturated heterocycles. The van der Waals surface area contributed by atoms with Crippen molar-refractivity contribution in [3.63, 3.8) is 0 Å². The van der Waals surface area contributed by atoms with Gasteiger partial charge in [0.15, 0.2) is 23.0 Å². The molecule has 0 amide bonds. The molecule has 0 aromatic heterocycles. The highest BCUT2D eigenvalue weighted by Crippen LogP contribution is 2.56. The zero-order valence-corrected chi connectivity index (χ0v) is 15.8. The van der Waals surface area contributed by atoms with Crippen molar-refractivity contribution >= 4 is 0 Å². The van der Waals surface area contributed by atoms with Gasteiger partial charge in [0, 0.05) is 17.5 Å². The predicted molar refractivity (Wildman–Crippen MR) is 97.5 cm³/mol. The summed E-state index contributed by atoms with van der Waals surface area (Å²) >= 11 is 0. The van der Waals surface area contributed by atoms with E-state index in [4.69, 9.17) is 33.2 Å². The summed E-state index contributed by atoms with van der Waals surface area (Å²) in [6.45, 7) is 0.888. The maximum absolute atomic E-state index is 11.6. The Bertz CT molecular complexity index is 975. The van der Waals surface area contributed by atoms with Crippen LogP contribution in [0.4, 0.5) is 0 Å². The standard InChI is InChI=1S/C21H20O8/c1-23-15-6-18-17(28-10-29-18)5-12(15)19-13-7-24-20(21(13,22)8-25-19)11-2-3-14-16(4-11)27-9-26-14/h2-6,13,19-20,22H,7-10H2,1H3/t13-,19-,20-,21-/m1/s1. The Hall–Kier alpha value is -2.68. The SMILES string of the molecule is COc1cc2c(cc1[C@H]1OC[C@]3(O)[C@@H](c4ccc5c(c4)OCO5)OC[C@H]13)OCO2. The summed E-state index contributed by atoms with van der Waals surface area (Å²) in [7, 11) is 1.60. The molecule has 0 spiro atoms. The number of hydrogen-bond acceptors (Lipinski definition) is 8. The minimum absolute atomic E-state index is 0.152. The summed E-state index contributed by atoms with van der Waals surface area (Å²) in [6, 6.07) is 9.26. The molecule has 4 atom stereocenters. The highest BCUT2D eigenvalue weighted by molar-refractivity contribution is 5.53. The Morgan fingerprint density at radius 1 is 0.931 bits per heavy atom. The largest absolute Gasteiger partial charge is 0.496 e. The molecule has 0 radical (unpaired) electrons. The second-order valence-electron chi connectivity index (χ2n) is 7.60. The van der Waals surface area contributed by atoms with Gasteiger partial charge < -0.3 is 38.3 Å². The molecule has 1 N–H and O–H groups in total. The van der Waals surface area contributed by atoms with Gasteiger partial charge >= 0.3 is 0 Å². The Morgan fingerprint density at radius 3 is 2.45 bits per heavy atom. The van der Waals surface area contributed by atoms with Crippen LogP contribution in [0.3, 0.4) is 0 Å². The van der Waals surface area contributed by atoms with E-state index in [2.05, 4.69) is 0 Å². The number of hydrogen-bond donors (Lipinski definition) is 1. The average molecular weight is 400 g/mol. The number of rotatable bonds is 3. The quantitative estimate of drug-likeness (QED) is 0.841. The van der Waals surface area contributed by atoms with E-state index in [1.165, 1.54) is 0 Å². The zero-order chi connectivity index (χ0) is 19.6. The molecular formula is C21H20O8. The molecule has 4 aliphatic rings. The molecule has 29 heavy (non-hydrogen) atoms. The summed E-state index contributed by atoms with van der Waals surface area (Å²) in [5.74, 6) is 3.01. The van der Waals surface area contributed by atoms with E-state index in [-0.39, 0.29) is 32.2 Å². The average Bonchev–Trinajstić information content (AvgIpc) is 3.49. The van der Waals surface area contributed by atoms with Gasteiger partial charge in [0.05, 0.1) is 26.4 Å². The Morgan fingerprint density at radius 2 is 1.66 bits per heavy atom. The third kappa shape index (κ3) is 2.43. The van der Waals surface area contributed by atoms with Crippen molar-refractivity contribution in [3.05, 3.63) is 41.5 Å². The van der Waals surface area contributed by atoms with Gasteiger partial charge in [0.2, 0.25) is 13.6 Å².